The number of esters is 1. The summed E-state index contributed by atoms with van der Waals surface area (Å²) in [6.45, 7) is 7.62. The Morgan fingerprint density at radius 3 is 2.14 bits per heavy atom. The van der Waals surface area contributed by atoms with Crippen LogP contribution in [0.4, 0.5) is 0 Å². The van der Waals surface area contributed by atoms with E-state index >= 15 is 0 Å². The number of halogens is 2. The molecule has 0 spiro atoms. The lowest BCUT2D eigenvalue weighted by Gasteiger charge is -2.25. The number of aromatic nitrogens is 3. The number of hydrogen-bond acceptors (Lipinski definition) is 11. The molecule has 1 atom stereocenters. The highest BCUT2D eigenvalue weighted by atomic mass is 35.5. The van der Waals surface area contributed by atoms with Crippen LogP contribution in [0.25, 0.3) is 21.6 Å². The number of nitrogens with zero attached hydrogens (tertiary/aromatic N) is 6. The summed E-state index contributed by atoms with van der Waals surface area (Å²) in [4.78, 5) is 45.9. The minimum absolute atomic E-state index is 0.0103. The summed E-state index contributed by atoms with van der Waals surface area (Å²) < 4.78 is 28.9. The van der Waals surface area contributed by atoms with Crippen molar-refractivity contribution in [3.63, 3.8) is 0 Å². The first-order valence-electron chi connectivity index (χ1n) is 15.3. The van der Waals surface area contributed by atoms with Gasteiger partial charge < -0.3 is 29.0 Å². The lowest BCUT2D eigenvalue weighted by atomic mass is 10.0. The van der Waals surface area contributed by atoms with Gasteiger partial charge in [0.2, 0.25) is 0 Å². The second kappa shape index (κ2) is 19.7. The molecule has 1 N–H and O–H groups in total. The Morgan fingerprint density at radius 1 is 0.959 bits per heavy atom. The average molecular weight is 721 g/mol. The predicted molar refractivity (Wildman–Crippen MR) is 182 cm³/mol. The maximum Gasteiger partial charge on any atom is 0.329 e. The van der Waals surface area contributed by atoms with Gasteiger partial charge in [0, 0.05) is 37.3 Å². The number of azide groups is 1. The molecule has 17 heteroatoms. The van der Waals surface area contributed by atoms with Gasteiger partial charge in [0.25, 0.3) is 11.5 Å². The number of ether oxygens (including phenoxy) is 5. The van der Waals surface area contributed by atoms with Crippen molar-refractivity contribution in [1.82, 2.24) is 20.1 Å². The van der Waals surface area contributed by atoms with Gasteiger partial charge >= 0.3 is 5.97 Å². The van der Waals surface area contributed by atoms with Crippen LogP contribution >= 0.6 is 23.2 Å². The van der Waals surface area contributed by atoms with Crippen molar-refractivity contribution in [3.8, 4) is 16.9 Å². The van der Waals surface area contributed by atoms with Gasteiger partial charge in [0.1, 0.15) is 18.2 Å². The molecule has 264 valence electrons. The number of rotatable bonds is 19. The molecule has 3 aromatic rings. The van der Waals surface area contributed by atoms with E-state index in [1.54, 1.807) is 45.0 Å². The third-order valence-corrected chi connectivity index (χ3v) is 7.06. The Labute approximate surface area is 293 Å². The molecule has 0 fully saturated rings. The number of carbonyl (C=O) groups excluding carboxylic acids is 2. The van der Waals surface area contributed by atoms with E-state index in [0.717, 1.165) is 0 Å². The van der Waals surface area contributed by atoms with Crippen LogP contribution in [0.3, 0.4) is 0 Å². The van der Waals surface area contributed by atoms with Gasteiger partial charge in [-0.2, -0.15) is 5.10 Å². The van der Waals surface area contributed by atoms with E-state index < -0.39 is 23.5 Å². The van der Waals surface area contributed by atoms with Crippen LogP contribution in [-0.2, 0) is 37.2 Å². The van der Waals surface area contributed by atoms with Gasteiger partial charge in [0.15, 0.2) is 5.75 Å². The zero-order valence-corrected chi connectivity index (χ0v) is 29.2. The summed E-state index contributed by atoms with van der Waals surface area (Å²) in [6.07, 6.45) is 4.10. The molecule has 0 aliphatic heterocycles. The summed E-state index contributed by atoms with van der Waals surface area (Å²) in [5.41, 5.74) is 8.57. The monoisotopic (exact) mass is 719 g/mol. The molecule has 49 heavy (non-hydrogen) atoms. The zero-order valence-electron chi connectivity index (χ0n) is 27.7. The number of benzene rings is 1. The molecule has 3 rings (SSSR count). The Bertz CT molecular complexity index is 1640. The Balaban J connectivity index is 1.63. The first-order chi connectivity index (χ1) is 23.4. The number of amides is 1. The number of carbonyl (C=O) groups is 2. The standard InChI is InChI=1S/C32H39Cl2N7O8/c1-32(2,3)49-31(44)25(39-29(42)28-23(33)18-36-19-24(28)34)17-21-5-7-22(8-6-21)27-26(20-38-41(4)30(27)43)48-16-15-47-14-13-46-12-11-45-10-9-37-40-35/h5-8,18-20,25H,9-17H2,1-4H3,(H,39,42)/t25-/m0/s1. The summed E-state index contributed by atoms with van der Waals surface area (Å²) in [7, 11) is 1.54. The molecular formula is C32H39Cl2N7O8. The van der Waals surface area contributed by atoms with E-state index in [9.17, 15) is 14.4 Å². The topological polar surface area (TPSA) is 189 Å². The summed E-state index contributed by atoms with van der Waals surface area (Å²) in [6, 6.07) is 5.84. The first-order valence-corrected chi connectivity index (χ1v) is 16.0. The van der Waals surface area contributed by atoms with Crippen molar-refractivity contribution < 1.29 is 33.3 Å². The Morgan fingerprint density at radius 2 is 1.55 bits per heavy atom. The van der Waals surface area contributed by atoms with E-state index in [0.29, 0.717) is 49.7 Å². The van der Waals surface area contributed by atoms with Crippen molar-refractivity contribution in [3.05, 3.63) is 84.8 Å². The number of aryl methyl sites for hydroxylation is 1. The molecule has 0 aliphatic carbocycles. The minimum atomic E-state index is -1.08. The van der Waals surface area contributed by atoms with Crippen LogP contribution in [-0.4, -0.2) is 91.1 Å². The van der Waals surface area contributed by atoms with Gasteiger partial charge in [-0.05, 0) is 37.4 Å². The predicted octanol–water partition coefficient (Wildman–Crippen LogP) is 4.57. The zero-order chi connectivity index (χ0) is 35.8. The molecule has 0 bridgehead atoms. The molecule has 0 saturated carbocycles. The van der Waals surface area contributed by atoms with Gasteiger partial charge in [-0.15, -0.1) is 0 Å². The molecule has 1 amide bonds. The van der Waals surface area contributed by atoms with E-state index in [1.165, 1.54) is 30.3 Å². The third-order valence-electron chi connectivity index (χ3n) is 6.49. The summed E-state index contributed by atoms with van der Waals surface area (Å²) in [5, 5.41) is 10.2. The molecule has 0 radical (unpaired) electrons. The largest absolute Gasteiger partial charge is 0.489 e. The smallest absolute Gasteiger partial charge is 0.329 e. The van der Waals surface area contributed by atoms with E-state index in [2.05, 4.69) is 25.4 Å². The highest BCUT2D eigenvalue weighted by molar-refractivity contribution is 6.39. The SMILES string of the molecule is Cn1ncc(OCCOCCOCCOCCN=[N+]=[N-])c(-c2ccc(C[C@H](NC(=O)c3c(Cl)cncc3Cl)C(=O)OC(C)(C)C)cc2)c1=O. The van der Waals surface area contributed by atoms with Crippen LogP contribution in [0, 0.1) is 0 Å². The molecular weight excluding hydrogens is 681 g/mol. The second-order valence-electron chi connectivity index (χ2n) is 11.4. The molecule has 2 aromatic heterocycles. The maximum absolute atomic E-state index is 13.2. The van der Waals surface area contributed by atoms with E-state index in [-0.39, 0.29) is 53.1 Å². The third kappa shape index (κ3) is 13.0. The molecule has 15 nitrogen and oxygen atoms in total. The molecule has 0 saturated heterocycles. The van der Waals surface area contributed by atoms with Crippen molar-refractivity contribution in [1.29, 1.82) is 0 Å². The summed E-state index contributed by atoms with van der Waals surface area (Å²) in [5.74, 6) is -1.03. The van der Waals surface area contributed by atoms with Gasteiger partial charge in [-0.1, -0.05) is 52.6 Å². The lowest BCUT2D eigenvalue weighted by molar-refractivity contribution is -0.157. The van der Waals surface area contributed by atoms with Crippen LogP contribution in [0.5, 0.6) is 5.75 Å². The Kier molecular flexibility index (Phi) is 15.7. The van der Waals surface area contributed by atoms with Gasteiger partial charge in [-0.25, -0.2) is 9.48 Å². The normalized spacial score (nSPS) is 11.8. The van der Waals surface area contributed by atoms with Crippen LogP contribution in [0.1, 0.15) is 36.7 Å². The fourth-order valence-electron chi connectivity index (χ4n) is 4.27. The highest BCUT2D eigenvalue weighted by Crippen LogP contribution is 2.27. The lowest BCUT2D eigenvalue weighted by Crippen LogP contribution is -2.45. The maximum atomic E-state index is 13.2. The van der Waals surface area contributed by atoms with Crippen molar-refractivity contribution in [2.45, 2.75) is 38.8 Å². The molecule has 1 aromatic carbocycles. The fourth-order valence-corrected chi connectivity index (χ4v) is 4.81. The first kappa shape index (κ1) is 39.2. The van der Waals surface area contributed by atoms with E-state index in [4.69, 9.17) is 52.4 Å². The number of hydrogen-bond donors (Lipinski definition) is 1. The van der Waals surface area contributed by atoms with Gasteiger partial charge in [0.05, 0.1) is 67.0 Å². The van der Waals surface area contributed by atoms with Crippen molar-refractivity contribution in [2.75, 3.05) is 52.8 Å². The van der Waals surface area contributed by atoms with Gasteiger partial charge in [-0.3, -0.25) is 14.6 Å². The fraction of sp³-hybridized carbons (Fsp3) is 0.469. The Hall–Kier alpha value is -4.24. The summed E-state index contributed by atoms with van der Waals surface area (Å²) >= 11 is 12.3. The quantitative estimate of drug-likeness (QED) is 0.0604. The minimum Gasteiger partial charge on any atom is -0.489 e. The van der Waals surface area contributed by atoms with Crippen LogP contribution in [0.15, 0.2) is 52.8 Å². The van der Waals surface area contributed by atoms with Crippen LogP contribution < -0.4 is 15.6 Å². The van der Waals surface area contributed by atoms with Crippen molar-refractivity contribution >= 4 is 35.1 Å². The van der Waals surface area contributed by atoms with E-state index in [1.807, 2.05) is 0 Å². The average Bonchev–Trinajstić information content (AvgIpc) is 3.04. The second-order valence-corrected chi connectivity index (χ2v) is 12.2. The molecule has 0 unspecified atom stereocenters. The number of nitrogens with one attached hydrogen (secondary N) is 1. The van der Waals surface area contributed by atoms with Crippen molar-refractivity contribution in [2.24, 2.45) is 12.2 Å². The molecule has 0 aliphatic rings. The molecule has 2 heterocycles. The number of pyridine rings is 1. The highest BCUT2D eigenvalue weighted by Gasteiger charge is 2.29. The van der Waals surface area contributed by atoms with Crippen LogP contribution in [0.2, 0.25) is 10.0 Å².